The van der Waals surface area contributed by atoms with Gasteiger partial charge in [-0.15, -0.1) is 0 Å². The van der Waals surface area contributed by atoms with Gasteiger partial charge in [-0.25, -0.2) is 9.97 Å². The molecule has 0 saturated heterocycles. The number of anilines is 2. The Morgan fingerprint density at radius 2 is 2.17 bits per heavy atom. The molecule has 0 radical (unpaired) electrons. The highest BCUT2D eigenvalue weighted by Gasteiger charge is 2.10. The molecule has 0 fully saturated rings. The highest BCUT2D eigenvalue weighted by atomic mass is 32.2. The van der Waals surface area contributed by atoms with Gasteiger partial charge in [-0.05, 0) is 12.7 Å². The zero-order valence-corrected chi connectivity index (χ0v) is 11.8. The minimum atomic E-state index is 0.0364. The first-order valence-corrected chi connectivity index (χ1v) is 6.93. The summed E-state index contributed by atoms with van der Waals surface area (Å²) in [6.07, 6.45) is 2.54. The number of thioether (sulfide) groups is 1. The predicted molar refractivity (Wildman–Crippen MR) is 74.3 cm³/mol. The van der Waals surface area contributed by atoms with Crippen molar-refractivity contribution in [2.75, 3.05) is 44.3 Å². The van der Waals surface area contributed by atoms with Gasteiger partial charge in [-0.2, -0.15) is 0 Å². The van der Waals surface area contributed by atoms with Crippen LogP contribution in [0.15, 0.2) is 11.2 Å². The van der Waals surface area contributed by atoms with E-state index in [4.69, 9.17) is 9.84 Å². The highest BCUT2D eigenvalue weighted by Crippen LogP contribution is 2.17. The Labute approximate surface area is 112 Å². The molecule has 1 atom stereocenters. The third kappa shape index (κ3) is 4.67. The molecule has 1 aromatic heterocycles. The second-order valence-corrected chi connectivity index (χ2v) is 4.46. The van der Waals surface area contributed by atoms with Gasteiger partial charge in [0.15, 0.2) is 5.16 Å². The number of methoxy groups -OCH3 is 1. The molecule has 1 aromatic rings. The number of aliphatic hydroxyl groups excluding tert-OH is 1. The molecule has 1 heterocycles. The van der Waals surface area contributed by atoms with Crippen molar-refractivity contribution in [1.29, 1.82) is 0 Å². The Balaban J connectivity index is 2.80. The number of hydrogen-bond acceptors (Lipinski definition) is 7. The third-order valence-electron chi connectivity index (χ3n) is 2.34. The molecule has 0 spiro atoms. The van der Waals surface area contributed by atoms with Crippen LogP contribution in [0.3, 0.4) is 0 Å². The molecule has 0 saturated carbocycles. The maximum Gasteiger partial charge on any atom is 0.191 e. The van der Waals surface area contributed by atoms with E-state index in [2.05, 4.69) is 20.6 Å². The Morgan fingerprint density at radius 3 is 2.72 bits per heavy atom. The van der Waals surface area contributed by atoms with Crippen molar-refractivity contribution in [3.05, 3.63) is 6.07 Å². The van der Waals surface area contributed by atoms with E-state index in [0.29, 0.717) is 18.2 Å². The topological polar surface area (TPSA) is 79.3 Å². The first kappa shape index (κ1) is 15.0. The fraction of sp³-hybridized carbons (Fsp3) is 0.636. The predicted octanol–water partition coefficient (Wildman–Crippen LogP) is 1.05. The normalized spacial score (nSPS) is 12.2. The number of aliphatic hydroxyl groups is 1. The number of nitrogens with one attached hydrogen (secondary N) is 2. The van der Waals surface area contributed by atoms with E-state index >= 15 is 0 Å². The zero-order chi connectivity index (χ0) is 13.4. The van der Waals surface area contributed by atoms with E-state index in [1.807, 2.05) is 19.4 Å². The van der Waals surface area contributed by atoms with Crippen molar-refractivity contribution in [3.63, 3.8) is 0 Å². The molecule has 1 rings (SSSR count). The van der Waals surface area contributed by atoms with Crippen LogP contribution in [-0.2, 0) is 4.74 Å². The van der Waals surface area contributed by atoms with Crippen LogP contribution in [-0.4, -0.2) is 54.7 Å². The van der Waals surface area contributed by atoms with Crippen LogP contribution in [0.25, 0.3) is 0 Å². The molecule has 0 aliphatic heterocycles. The highest BCUT2D eigenvalue weighted by molar-refractivity contribution is 7.98. The maximum absolute atomic E-state index is 9.00. The monoisotopic (exact) mass is 272 g/mol. The summed E-state index contributed by atoms with van der Waals surface area (Å²) in [5.41, 5.74) is 0. The summed E-state index contributed by atoms with van der Waals surface area (Å²) >= 11 is 1.48. The Bertz CT molecular complexity index is 337. The quantitative estimate of drug-likeness (QED) is 0.482. The smallest absolute Gasteiger partial charge is 0.191 e. The first-order chi connectivity index (χ1) is 8.73. The fourth-order valence-electron chi connectivity index (χ4n) is 1.48. The molecule has 0 amide bonds. The van der Waals surface area contributed by atoms with E-state index in [-0.39, 0.29) is 12.6 Å². The standard InChI is InChI=1S/C11H20N4O2S/c1-12-9-6-10(15-11(14-9)18-3)13-8(4-5-16)7-17-2/h6,8,16H,4-5,7H2,1-3H3,(H2,12,13,14,15). The van der Waals surface area contributed by atoms with Crippen molar-refractivity contribution in [2.24, 2.45) is 0 Å². The average Bonchev–Trinajstić information content (AvgIpc) is 2.38. The van der Waals surface area contributed by atoms with Gasteiger partial charge >= 0.3 is 0 Å². The van der Waals surface area contributed by atoms with Gasteiger partial charge in [0.05, 0.1) is 12.6 Å². The van der Waals surface area contributed by atoms with Crippen molar-refractivity contribution < 1.29 is 9.84 Å². The molecule has 6 nitrogen and oxygen atoms in total. The van der Waals surface area contributed by atoms with E-state index in [0.717, 1.165) is 11.6 Å². The molecule has 7 heteroatoms. The second kappa shape index (κ2) is 8.12. The number of ether oxygens (including phenoxy) is 1. The number of rotatable bonds is 8. The Morgan fingerprint density at radius 1 is 1.44 bits per heavy atom. The number of hydrogen-bond donors (Lipinski definition) is 3. The molecule has 0 aromatic carbocycles. The third-order valence-corrected chi connectivity index (χ3v) is 2.89. The lowest BCUT2D eigenvalue weighted by Crippen LogP contribution is -2.26. The number of nitrogens with zero attached hydrogens (tertiary/aromatic N) is 2. The summed E-state index contributed by atoms with van der Waals surface area (Å²) < 4.78 is 5.10. The lowest BCUT2D eigenvalue weighted by atomic mass is 10.2. The zero-order valence-electron chi connectivity index (χ0n) is 10.9. The average molecular weight is 272 g/mol. The summed E-state index contributed by atoms with van der Waals surface area (Å²) in [5, 5.41) is 15.9. The SMILES string of the molecule is CNc1cc(NC(CCO)COC)nc(SC)n1. The van der Waals surface area contributed by atoms with E-state index in [1.54, 1.807) is 7.11 Å². The summed E-state index contributed by atoms with van der Waals surface area (Å²) in [5.74, 6) is 1.49. The van der Waals surface area contributed by atoms with Crippen molar-refractivity contribution >= 4 is 23.4 Å². The van der Waals surface area contributed by atoms with Crippen LogP contribution in [0.1, 0.15) is 6.42 Å². The van der Waals surface area contributed by atoms with Crippen LogP contribution in [0, 0.1) is 0 Å². The maximum atomic E-state index is 9.00. The molecule has 0 bridgehead atoms. The summed E-state index contributed by atoms with van der Waals surface area (Å²) in [6.45, 7) is 0.633. The molecule has 0 aliphatic carbocycles. The molecular formula is C11H20N4O2S. The summed E-state index contributed by atoms with van der Waals surface area (Å²) in [7, 11) is 3.45. The van der Waals surface area contributed by atoms with Crippen molar-refractivity contribution in [3.8, 4) is 0 Å². The first-order valence-electron chi connectivity index (χ1n) is 5.70. The van der Waals surface area contributed by atoms with Crippen LogP contribution >= 0.6 is 11.8 Å². The molecule has 1 unspecified atom stereocenters. The van der Waals surface area contributed by atoms with Crippen molar-refractivity contribution in [2.45, 2.75) is 17.6 Å². The van der Waals surface area contributed by atoms with Gasteiger partial charge in [0.25, 0.3) is 0 Å². The second-order valence-electron chi connectivity index (χ2n) is 3.68. The molecule has 18 heavy (non-hydrogen) atoms. The minimum absolute atomic E-state index is 0.0364. The fourth-order valence-corrected chi connectivity index (χ4v) is 1.86. The lowest BCUT2D eigenvalue weighted by molar-refractivity contribution is 0.170. The Hall–Kier alpha value is -1.05. The molecule has 3 N–H and O–H groups in total. The van der Waals surface area contributed by atoms with Gasteiger partial charge in [-0.1, -0.05) is 11.8 Å². The van der Waals surface area contributed by atoms with Gasteiger partial charge in [0.2, 0.25) is 0 Å². The van der Waals surface area contributed by atoms with Crippen molar-refractivity contribution in [1.82, 2.24) is 9.97 Å². The van der Waals surface area contributed by atoms with E-state index in [1.165, 1.54) is 11.8 Å². The molecular weight excluding hydrogens is 252 g/mol. The van der Waals surface area contributed by atoms with Gasteiger partial charge in [-0.3, -0.25) is 0 Å². The van der Waals surface area contributed by atoms with E-state index in [9.17, 15) is 0 Å². The van der Waals surface area contributed by atoms with Gasteiger partial charge in [0.1, 0.15) is 11.6 Å². The van der Waals surface area contributed by atoms with Crippen LogP contribution < -0.4 is 10.6 Å². The lowest BCUT2D eigenvalue weighted by Gasteiger charge is -2.18. The summed E-state index contributed by atoms with van der Waals surface area (Å²) in [6, 6.07) is 1.87. The largest absolute Gasteiger partial charge is 0.396 e. The van der Waals surface area contributed by atoms with E-state index < -0.39 is 0 Å². The molecule has 0 aliphatic rings. The number of aromatic nitrogens is 2. The van der Waals surface area contributed by atoms with Gasteiger partial charge < -0.3 is 20.5 Å². The Kier molecular flexibility index (Phi) is 6.77. The summed E-state index contributed by atoms with van der Waals surface area (Å²) in [4.78, 5) is 8.66. The van der Waals surface area contributed by atoms with Crippen LogP contribution in [0.4, 0.5) is 11.6 Å². The van der Waals surface area contributed by atoms with Crippen LogP contribution in [0.2, 0.25) is 0 Å². The minimum Gasteiger partial charge on any atom is -0.396 e. The van der Waals surface area contributed by atoms with Gasteiger partial charge in [0, 0.05) is 26.8 Å². The molecule has 102 valence electrons. The van der Waals surface area contributed by atoms with Crippen LogP contribution in [0.5, 0.6) is 0 Å².